The van der Waals surface area contributed by atoms with Gasteiger partial charge < -0.3 is 18.9 Å². The molecule has 24 heavy (non-hydrogen) atoms. The zero-order valence-electron chi connectivity index (χ0n) is 13.6. The summed E-state index contributed by atoms with van der Waals surface area (Å²) in [5.74, 6) is 2.37. The van der Waals surface area contributed by atoms with E-state index in [0.717, 1.165) is 14.9 Å². The Morgan fingerprint density at radius 2 is 1.71 bits per heavy atom. The van der Waals surface area contributed by atoms with Gasteiger partial charge in [0.2, 0.25) is 0 Å². The van der Waals surface area contributed by atoms with Gasteiger partial charge in [-0.3, -0.25) is 4.79 Å². The highest BCUT2D eigenvalue weighted by molar-refractivity contribution is 14.1. The molecule has 0 spiro atoms. The summed E-state index contributed by atoms with van der Waals surface area (Å²) in [5.41, 5.74) is 1.40. The molecule has 1 atom stereocenters. The van der Waals surface area contributed by atoms with Crippen molar-refractivity contribution in [3.8, 4) is 23.0 Å². The van der Waals surface area contributed by atoms with E-state index in [2.05, 4.69) is 22.6 Å². The van der Waals surface area contributed by atoms with Gasteiger partial charge >= 0.3 is 0 Å². The van der Waals surface area contributed by atoms with E-state index in [1.807, 2.05) is 24.3 Å². The van der Waals surface area contributed by atoms with E-state index in [1.165, 1.54) is 7.11 Å². The second-order valence-corrected chi connectivity index (χ2v) is 6.38. The fraction of sp³-hybridized carbons (Fsp3) is 0.278. The highest BCUT2D eigenvalue weighted by Gasteiger charge is 2.33. The van der Waals surface area contributed by atoms with Crippen molar-refractivity contribution >= 4 is 28.4 Å². The highest BCUT2D eigenvalue weighted by Crippen LogP contribution is 2.46. The Balaban J connectivity index is 2.03. The van der Waals surface area contributed by atoms with Crippen molar-refractivity contribution in [2.45, 2.75) is 12.5 Å². The Hall–Kier alpha value is -1.96. The number of benzene rings is 2. The van der Waals surface area contributed by atoms with Gasteiger partial charge in [-0.25, -0.2) is 0 Å². The number of hydrogen-bond acceptors (Lipinski definition) is 5. The molecule has 0 unspecified atom stereocenters. The molecule has 1 aliphatic heterocycles. The maximum atomic E-state index is 12.7. The van der Waals surface area contributed by atoms with Gasteiger partial charge in [0.25, 0.3) is 0 Å². The number of Topliss-reactive ketones (excluding diaryl/α,β-unsaturated/α-hetero) is 1. The van der Waals surface area contributed by atoms with Crippen LogP contribution in [-0.2, 0) is 0 Å². The average Bonchev–Trinajstić information content (AvgIpc) is 2.62. The van der Waals surface area contributed by atoms with Crippen LogP contribution in [0.4, 0.5) is 0 Å². The second-order valence-electron chi connectivity index (χ2n) is 5.31. The molecular formula is C18H17IO5. The maximum Gasteiger partial charge on any atom is 0.174 e. The molecule has 0 radical (unpaired) electrons. The first-order chi connectivity index (χ1) is 11.6. The molecule has 2 aromatic carbocycles. The standard InChI is InChI=1S/C18H17IO5/c1-21-11-6-4-10(5-7-11)13-8-12(20)16-14(22-2)9-15(23-3)17(19)18(16)24-13/h4-7,9,13H,8H2,1-3H3/t13-/m0/s1. The number of ketones is 1. The van der Waals surface area contributed by atoms with Crippen LogP contribution in [0.3, 0.4) is 0 Å². The van der Waals surface area contributed by atoms with Crippen LogP contribution in [0.2, 0.25) is 0 Å². The third-order valence-corrected chi connectivity index (χ3v) is 5.01. The topological polar surface area (TPSA) is 54.0 Å². The molecule has 6 heteroatoms. The van der Waals surface area contributed by atoms with Crippen LogP contribution in [0.1, 0.15) is 28.4 Å². The Bertz CT molecular complexity index is 770. The van der Waals surface area contributed by atoms with E-state index < -0.39 is 0 Å². The van der Waals surface area contributed by atoms with E-state index in [-0.39, 0.29) is 18.3 Å². The molecule has 126 valence electrons. The van der Waals surface area contributed by atoms with Crippen LogP contribution in [0.5, 0.6) is 23.0 Å². The number of carbonyl (C=O) groups excluding carboxylic acids is 1. The lowest BCUT2D eigenvalue weighted by molar-refractivity contribution is 0.0842. The van der Waals surface area contributed by atoms with Crippen LogP contribution < -0.4 is 18.9 Å². The van der Waals surface area contributed by atoms with Crippen molar-refractivity contribution in [2.75, 3.05) is 21.3 Å². The summed E-state index contributed by atoms with van der Waals surface area (Å²) in [6.07, 6.45) is -0.0841. The SMILES string of the molecule is COc1ccc([C@@H]2CC(=O)c3c(OC)cc(OC)c(I)c3O2)cc1. The summed E-state index contributed by atoms with van der Waals surface area (Å²) in [4.78, 5) is 12.7. The van der Waals surface area contributed by atoms with Crippen LogP contribution in [-0.4, -0.2) is 27.1 Å². The van der Waals surface area contributed by atoms with Crippen molar-refractivity contribution < 1.29 is 23.7 Å². The number of ether oxygens (including phenoxy) is 4. The molecule has 0 saturated heterocycles. The first-order valence-corrected chi connectivity index (χ1v) is 8.45. The van der Waals surface area contributed by atoms with Gasteiger partial charge in [0, 0.05) is 6.07 Å². The Labute approximate surface area is 154 Å². The molecule has 3 rings (SSSR count). The highest BCUT2D eigenvalue weighted by atomic mass is 127. The number of hydrogen-bond donors (Lipinski definition) is 0. The molecule has 5 nitrogen and oxygen atoms in total. The van der Waals surface area contributed by atoms with Gasteiger partial charge in [0.15, 0.2) is 11.5 Å². The first kappa shape index (κ1) is 16.9. The van der Waals surface area contributed by atoms with Crippen molar-refractivity contribution in [3.63, 3.8) is 0 Å². The van der Waals surface area contributed by atoms with Crippen LogP contribution >= 0.6 is 22.6 Å². The van der Waals surface area contributed by atoms with Gasteiger partial charge in [0.1, 0.15) is 28.9 Å². The quantitative estimate of drug-likeness (QED) is 0.673. The normalized spacial score (nSPS) is 16.2. The zero-order chi connectivity index (χ0) is 17.3. The molecule has 0 saturated carbocycles. The molecule has 0 fully saturated rings. The summed E-state index contributed by atoms with van der Waals surface area (Å²) in [5, 5.41) is 0. The molecule has 0 N–H and O–H groups in total. The van der Waals surface area contributed by atoms with Gasteiger partial charge in [-0.2, -0.15) is 0 Å². The smallest absolute Gasteiger partial charge is 0.174 e. The molecule has 1 aliphatic rings. The lowest BCUT2D eigenvalue weighted by Crippen LogP contribution is -2.22. The summed E-state index contributed by atoms with van der Waals surface area (Å²) >= 11 is 2.13. The lowest BCUT2D eigenvalue weighted by atomic mass is 9.95. The number of methoxy groups -OCH3 is 3. The van der Waals surface area contributed by atoms with Gasteiger partial charge in [-0.05, 0) is 40.3 Å². The minimum Gasteiger partial charge on any atom is -0.497 e. The molecule has 1 heterocycles. The monoisotopic (exact) mass is 440 g/mol. The van der Waals surface area contributed by atoms with E-state index in [1.54, 1.807) is 20.3 Å². The summed E-state index contributed by atoms with van der Waals surface area (Å²) in [6, 6.07) is 9.25. The van der Waals surface area contributed by atoms with E-state index in [4.69, 9.17) is 18.9 Å². The number of rotatable bonds is 4. The second kappa shape index (κ2) is 6.88. The number of halogens is 1. The molecule has 0 amide bonds. The predicted octanol–water partition coefficient (Wildman–Crippen LogP) is 4.02. The molecule has 0 aliphatic carbocycles. The third-order valence-electron chi connectivity index (χ3n) is 3.99. The zero-order valence-corrected chi connectivity index (χ0v) is 15.7. The molecular weight excluding hydrogens is 423 g/mol. The molecule has 2 aromatic rings. The van der Waals surface area contributed by atoms with Crippen molar-refractivity contribution in [3.05, 3.63) is 45.0 Å². The van der Waals surface area contributed by atoms with Gasteiger partial charge in [-0.15, -0.1) is 0 Å². The molecule has 0 aromatic heterocycles. The minimum absolute atomic E-state index is 0.00510. The van der Waals surface area contributed by atoms with Crippen molar-refractivity contribution in [2.24, 2.45) is 0 Å². The Morgan fingerprint density at radius 3 is 2.29 bits per heavy atom. The minimum atomic E-state index is -0.346. The van der Waals surface area contributed by atoms with E-state index >= 15 is 0 Å². The largest absolute Gasteiger partial charge is 0.497 e. The van der Waals surface area contributed by atoms with Gasteiger partial charge in [0.05, 0.1) is 31.3 Å². The fourth-order valence-corrected chi connectivity index (χ4v) is 3.50. The number of carbonyl (C=O) groups is 1. The summed E-state index contributed by atoms with van der Waals surface area (Å²) in [6.45, 7) is 0. The Morgan fingerprint density at radius 1 is 1.04 bits per heavy atom. The predicted molar refractivity (Wildman–Crippen MR) is 97.6 cm³/mol. The first-order valence-electron chi connectivity index (χ1n) is 7.37. The van der Waals surface area contributed by atoms with Crippen LogP contribution in [0.15, 0.2) is 30.3 Å². The third kappa shape index (κ3) is 2.90. The summed E-state index contributed by atoms with van der Waals surface area (Å²) in [7, 11) is 4.73. The van der Waals surface area contributed by atoms with E-state index in [9.17, 15) is 4.79 Å². The van der Waals surface area contributed by atoms with E-state index in [0.29, 0.717) is 22.8 Å². The molecule has 0 bridgehead atoms. The van der Waals surface area contributed by atoms with Gasteiger partial charge in [-0.1, -0.05) is 12.1 Å². The van der Waals surface area contributed by atoms with Crippen molar-refractivity contribution in [1.82, 2.24) is 0 Å². The average molecular weight is 440 g/mol. The van der Waals surface area contributed by atoms with Crippen molar-refractivity contribution in [1.29, 1.82) is 0 Å². The Kier molecular flexibility index (Phi) is 4.84. The van der Waals surface area contributed by atoms with Crippen LogP contribution in [0.25, 0.3) is 0 Å². The number of fused-ring (bicyclic) bond motifs is 1. The summed E-state index contributed by atoms with van der Waals surface area (Å²) < 4.78 is 22.8. The van der Waals surface area contributed by atoms with Crippen LogP contribution in [0, 0.1) is 3.57 Å². The lowest BCUT2D eigenvalue weighted by Gasteiger charge is -2.28. The fourth-order valence-electron chi connectivity index (χ4n) is 2.73. The maximum absolute atomic E-state index is 12.7.